The Balaban J connectivity index is 1.55. The number of aliphatic hydroxyl groups excluding tert-OH is 3. The third-order valence-electron chi connectivity index (χ3n) is 11.9. The molecule has 32 heavy (non-hydrogen) atoms. The van der Waals surface area contributed by atoms with Gasteiger partial charge in [-0.1, -0.05) is 54.4 Å². The molecule has 0 aromatic heterocycles. The highest BCUT2D eigenvalue weighted by molar-refractivity contribution is 5.19. The molecular formula is C28H50O4. The summed E-state index contributed by atoms with van der Waals surface area (Å²) < 4.78 is 0. The van der Waals surface area contributed by atoms with Crippen molar-refractivity contribution >= 4 is 0 Å². The van der Waals surface area contributed by atoms with E-state index in [1.54, 1.807) is 0 Å². The smallest absolute Gasteiger partial charge is 0.101 e. The van der Waals surface area contributed by atoms with E-state index in [0.717, 1.165) is 36.5 Å². The fraction of sp³-hybridized carbons (Fsp3) is 1.00. The van der Waals surface area contributed by atoms with E-state index in [1.165, 1.54) is 25.7 Å². The molecule has 4 rings (SSSR count). The molecule has 4 heteroatoms. The molecule has 0 bridgehead atoms. The van der Waals surface area contributed by atoms with Gasteiger partial charge in [0.05, 0.1) is 18.3 Å². The van der Waals surface area contributed by atoms with Crippen LogP contribution in [0.3, 0.4) is 0 Å². The highest BCUT2D eigenvalue weighted by atomic mass is 16.4. The Bertz CT molecular complexity index is 680. The second-order valence-corrected chi connectivity index (χ2v) is 13.4. The Morgan fingerprint density at radius 1 is 0.844 bits per heavy atom. The van der Waals surface area contributed by atoms with Gasteiger partial charge < -0.3 is 20.4 Å². The van der Waals surface area contributed by atoms with Gasteiger partial charge >= 0.3 is 0 Å². The average molecular weight is 451 g/mol. The fourth-order valence-corrected chi connectivity index (χ4v) is 9.37. The van der Waals surface area contributed by atoms with E-state index >= 15 is 0 Å². The largest absolute Gasteiger partial charge is 0.393 e. The molecule has 0 aliphatic heterocycles. The molecule has 0 amide bonds. The van der Waals surface area contributed by atoms with E-state index in [0.29, 0.717) is 30.1 Å². The Morgan fingerprint density at radius 3 is 2.19 bits per heavy atom. The van der Waals surface area contributed by atoms with Crippen molar-refractivity contribution in [2.24, 2.45) is 52.3 Å². The van der Waals surface area contributed by atoms with Gasteiger partial charge in [-0.15, -0.1) is 0 Å². The van der Waals surface area contributed by atoms with Gasteiger partial charge in [-0.25, -0.2) is 0 Å². The van der Waals surface area contributed by atoms with Crippen molar-refractivity contribution in [1.29, 1.82) is 0 Å². The number of rotatable bonds is 5. The van der Waals surface area contributed by atoms with Crippen LogP contribution < -0.4 is 0 Å². The van der Waals surface area contributed by atoms with Crippen molar-refractivity contribution in [3.63, 3.8) is 0 Å². The third-order valence-corrected chi connectivity index (χ3v) is 11.9. The second kappa shape index (κ2) is 8.50. The second-order valence-electron chi connectivity index (χ2n) is 13.4. The van der Waals surface area contributed by atoms with E-state index in [9.17, 15) is 20.4 Å². The maximum Gasteiger partial charge on any atom is 0.101 e. The molecule has 0 radical (unpaired) electrons. The predicted molar refractivity (Wildman–Crippen MR) is 128 cm³/mol. The first kappa shape index (κ1) is 24.9. The lowest BCUT2D eigenvalue weighted by Crippen LogP contribution is -2.72. The molecule has 0 aromatic rings. The molecular weight excluding hydrogens is 400 g/mol. The van der Waals surface area contributed by atoms with Gasteiger partial charge in [0.1, 0.15) is 5.60 Å². The van der Waals surface area contributed by atoms with Crippen molar-refractivity contribution < 1.29 is 20.4 Å². The van der Waals surface area contributed by atoms with Crippen LogP contribution >= 0.6 is 0 Å². The van der Waals surface area contributed by atoms with Crippen molar-refractivity contribution in [3.8, 4) is 0 Å². The highest BCUT2D eigenvalue weighted by Crippen LogP contribution is 2.69. The third kappa shape index (κ3) is 3.53. The van der Waals surface area contributed by atoms with E-state index in [4.69, 9.17) is 0 Å². The molecule has 4 fully saturated rings. The first-order valence-electron chi connectivity index (χ1n) is 13.6. The minimum absolute atomic E-state index is 0.181. The van der Waals surface area contributed by atoms with Crippen molar-refractivity contribution in [2.75, 3.05) is 0 Å². The first-order chi connectivity index (χ1) is 14.9. The molecule has 4 aliphatic carbocycles. The van der Waals surface area contributed by atoms with E-state index in [2.05, 4.69) is 34.6 Å². The van der Waals surface area contributed by atoms with E-state index in [1.807, 2.05) is 6.92 Å². The topological polar surface area (TPSA) is 80.9 Å². The van der Waals surface area contributed by atoms with Crippen LogP contribution in [0.1, 0.15) is 99.3 Å². The summed E-state index contributed by atoms with van der Waals surface area (Å²) in [6.07, 6.45) is 6.00. The Labute approximate surface area is 196 Å². The molecule has 0 spiro atoms. The maximum atomic E-state index is 11.6. The first-order valence-corrected chi connectivity index (χ1v) is 13.6. The quantitative estimate of drug-likeness (QED) is 0.486. The molecule has 4 N–H and O–H groups in total. The number of hydrogen-bond acceptors (Lipinski definition) is 4. The maximum absolute atomic E-state index is 11.6. The SMILES string of the molecule is CC(C)C(C)CC[C@@H](C)[C@H]1CC[C@H]2[C@@H]3C[C@@H](O)[C@@]4(O)C[C@@H](O)C[C@@H](O)[C@]4(C)[C@H]3CC[C@]12C. The standard InChI is InChI=1S/C28H50O4/c1-16(2)17(3)7-8-18(4)21-9-10-22-20-14-25(31)28(32)15-19(29)13-24(30)27(28,6)23(20)11-12-26(21,22)5/h16-25,29-32H,7-15H2,1-6H3/t17?,18-,19+,20+,21-,22+,23+,24-,25-,26-,27+,28+/m1/s1. The van der Waals surface area contributed by atoms with Gasteiger partial charge in [-0.3, -0.25) is 0 Å². The molecule has 4 nitrogen and oxygen atoms in total. The molecule has 1 unspecified atom stereocenters. The molecule has 0 heterocycles. The monoisotopic (exact) mass is 450 g/mol. The van der Waals surface area contributed by atoms with E-state index < -0.39 is 29.3 Å². The lowest BCUT2D eigenvalue weighted by molar-refractivity contribution is -0.294. The summed E-state index contributed by atoms with van der Waals surface area (Å²) in [7, 11) is 0. The zero-order valence-corrected chi connectivity index (χ0v) is 21.4. The van der Waals surface area contributed by atoms with Gasteiger partial charge in [0.2, 0.25) is 0 Å². The summed E-state index contributed by atoms with van der Waals surface area (Å²) >= 11 is 0. The summed E-state index contributed by atoms with van der Waals surface area (Å²) in [6.45, 7) is 14.1. The van der Waals surface area contributed by atoms with Crippen LogP contribution in [0, 0.1) is 52.3 Å². The minimum atomic E-state index is -1.39. The normalized spacial score (nSPS) is 52.8. The van der Waals surface area contributed by atoms with Crippen molar-refractivity contribution in [3.05, 3.63) is 0 Å². The van der Waals surface area contributed by atoms with Crippen LogP contribution in [-0.2, 0) is 0 Å². The zero-order valence-electron chi connectivity index (χ0n) is 21.4. The van der Waals surface area contributed by atoms with Gasteiger partial charge in [0.15, 0.2) is 0 Å². The molecule has 0 saturated heterocycles. The van der Waals surface area contributed by atoms with Crippen LogP contribution in [0.25, 0.3) is 0 Å². The molecule has 4 aliphatic rings. The van der Waals surface area contributed by atoms with Crippen LogP contribution in [0.15, 0.2) is 0 Å². The van der Waals surface area contributed by atoms with Crippen LogP contribution in [-0.4, -0.2) is 44.3 Å². The fourth-order valence-electron chi connectivity index (χ4n) is 9.37. The highest BCUT2D eigenvalue weighted by Gasteiger charge is 2.70. The number of hydrogen-bond donors (Lipinski definition) is 4. The van der Waals surface area contributed by atoms with Crippen LogP contribution in [0.5, 0.6) is 0 Å². The van der Waals surface area contributed by atoms with Crippen LogP contribution in [0.4, 0.5) is 0 Å². The van der Waals surface area contributed by atoms with Crippen LogP contribution in [0.2, 0.25) is 0 Å². The predicted octanol–water partition coefficient (Wildman–Crippen LogP) is 4.77. The average Bonchev–Trinajstić information content (AvgIpc) is 3.06. The summed E-state index contributed by atoms with van der Waals surface area (Å²) in [5.74, 6) is 4.10. The van der Waals surface area contributed by atoms with Crippen molar-refractivity contribution in [2.45, 2.75) is 123 Å². The van der Waals surface area contributed by atoms with Crippen molar-refractivity contribution in [1.82, 2.24) is 0 Å². The lowest BCUT2D eigenvalue weighted by atomic mass is 9.41. The Hall–Kier alpha value is -0.160. The van der Waals surface area contributed by atoms with Gasteiger partial charge in [-0.05, 0) is 85.4 Å². The number of fused-ring (bicyclic) bond motifs is 5. The van der Waals surface area contributed by atoms with Gasteiger partial charge in [-0.2, -0.15) is 0 Å². The van der Waals surface area contributed by atoms with Gasteiger partial charge in [0.25, 0.3) is 0 Å². The summed E-state index contributed by atoms with van der Waals surface area (Å²) in [5.41, 5.74) is -1.84. The number of aliphatic hydroxyl groups is 4. The minimum Gasteiger partial charge on any atom is -0.393 e. The molecule has 12 atom stereocenters. The van der Waals surface area contributed by atoms with Gasteiger partial charge in [0, 0.05) is 11.8 Å². The molecule has 0 aromatic carbocycles. The summed E-state index contributed by atoms with van der Waals surface area (Å²) in [4.78, 5) is 0. The molecule has 186 valence electrons. The Morgan fingerprint density at radius 2 is 1.53 bits per heavy atom. The summed E-state index contributed by atoms with van der Waals surface area (Å²) in [6, 6.07) is 0. The zero-order chi connectivity index (χ0) is 23.6. The van der Waals surface area contributed by atoms with E-state index in [-0.39, 0.29) is 12.3 Å². The molecule has 4 saturated carbocycles. The summed E-state index contributed by atoms with van der Waals surface area (Å²) in [5, 5.41) is 44.3. The Kier molecular flexibility index (Phi) is 6.63. The lowest BCUT2D eigenvalue weighted by Gasteiger charge is -2.66.